The molecular weight excluding hydrogens is 254 g/mol. The molecular formula is C15H23N3O2. The van der Waals surface area contributed by atoms with Crippen molar-refractivity contribution in [1.82, 2.24) is 4.90 Å². The number of amides is 1. The summed E-state index contributed by atoms with van der Waals surface area (Å²) in [6.45, 7) is 2.88. The summed E-state index contributed by atoms with van der Waals surface area (Å²) in [5.41, 5.74) is 8.22. The highest BCUT2D eigenvalue weighted by Crippen LogP contribution is 2.24. The van der Waals surface area contributed by atoms with Crippen LogP contribution in [0.25, 0.3) is 0 Å². The lowest BCUT2D eigenvalue weighted by molar-refractivity contribution is -0.118. The van der Waals surface area contributed by atoms with Crippen LogP contribution in [0.4, 0.5) is 11.4 Å². The molecule has 1 saturated carbocycles. The van der Waals surface area contributed by atoms with Gasteiger partial charge in [0, 0.05) is 24.0 Å². The number of carbonyl (C=O) groups excluding carboxylic acids is 1. The summed E-state index contributed by atoms with van der Waals surface area (Å²) < 4.78 is 0. The number of nitrogen functional groups attached to an aromatic ring is 1. The summed E-state index contributed by atoms with van der Waals surface area (Å²) in [4.78, 5) is 14.1. The Bertz CT molecular complexity index is 472. The molecule has 5 nitrogen and oxygen atoms in total. The number of carbonyl (C=O) groups is 1. The molecule has 0 saturated heterocycles. The number of nitrogens with one attached hydrogen (secondary N) is 1. The molecule has 0 spiro atoms. The van der Waals surface area contributed by atoms with E-state index < -0.39 is 0 Å². The van der Waals surface area contributed by atoms with Gasteiger partial charge in [0.05, 0.1) is 13.2 Å². The highest BCUT2D eigenvalue weighted by Gasteiger charge is 2.25. The van der Waals surface area contributed by atoms with Gasteiger partial charge in [-0.15, -0.1) is 0 Å². The van der Waals surface area contributed by atoms with E-state index in [1.165, 1.54) is 6.42 Å². The molecule has 110 valence electrons. The molecule has 1 aromatic carbocycles. The minimum absolute atomic E-state index is 0.0615. The number of aryl methyl sites for hydroxylation is 1. The average molecular weight is 277 g/mol. The fourth-order valence-electron chi connectivity index (χ4n) is 2.37. The van der Waals surface area contributed by atoms with E-state index in [1.54, 1.807) is 6.07 Å². The molecule has 2 rings (SSSR count). The number of hydrogen-bond acceptors (Lipinski definition) is 4. The highest BCUT2D eigenvalue weighted by molar-refractivity contribution is 5.92. The largest absolute Gasteiger partial charge is 0.398 e. The van der Waals surface area contributed by atoms with Crippen molar-refractivity contribution in [2.24, 2.45) is 0 Å². The van der Waals surface area contributed by atoms with E-state index in [1.807, 2.05) is 19.1 Å². The third kappa shape index (κ3) is 3.71. The van der Waals surface area contributed by atoms with Gasteiger partial charge in [0.25, 0.3) is 0 Å². The molecule has 0 atom stereocenters. The van der Waals surface area contributed by atoms with Gasteiger partial charge in [-0.3, -0.25) is 9.69 Å². The second-order valence-corrected chi connectivity index (χ2v) is 5.40. The first-order chi connectivity index (χ1) is 9.60. The second-order valence-electron chi connectivity index (χ2n) is 5.40. The van der Waals surface area contributed by atoms with Crippen LogP contribution in [-0.2, 0) is 4.79 Å². The molecule has 1 aliphatic rings. The fourth-order valence-corrected chi connectivity index (χ4v) is 2.37. The fraction of sp³-hybridized carbons (Fsp3) is 0.533. The summed E-state index contributed by atoms with van der Waals surface area (Å²) in [6, 6.07) is 5.95. The minimum atomic E-state index is -0.0615. The first kappa shape index (κ1) is 14.8. The summed E-state index contributed by atoms with van der Waals surface area (Å²) in [5.74, 6) is -0.0615. The van der Waals surface area contributed by atoms with Gasteiger partial charge in [0.1, 0.15) is 0 Å². The Morgan fingerprint density at radius 1 is 1.50 bits per heavy atom. The SMILES string of the molecule is Cc1ccc(NC(=O)CN(CCO)C2CCC2)cc1N. The predicted molar refractivity (Wildman–Crippen MR) is 80.5 cm³/mol. The summed E-state index contributed by atoms with van der Waals surface area (Å²) in [6.07, 6.45) is 3.44. The van der Waals surface area contributed by atoms with Crippen molar-refractivity contribution in [3.8, 4) is 0 Å². The minimum Gasteiger partial charge on any atom is -0.398 e. The molecule has 1 aromatic rings. The van der Waals surface area contributed by atoms with Crippen molar-refractivity contribution < 1.29 is 9.90 Å². The van der Waals surface area contributed by atoms with Crippen molar-refractivity contribution in [3.05, 3.63) is 23.8 Å². The lowest BCUT2D eigenvalue weighted by Crippen LogP contribution is -2.45. The molecule has 0 aliphatic heterocycles. The smallest absolute Gasteiger partial charge is 0.238 e. The molecule has 1 aliphatic carbocycles. The number of benzene rings is 1. The van der Waals surface area contributed by atoms with Gasteiger partial charge in [-0.1, -0.05) is 12.5 Å². The number of nitrogens with two attached hydrogens (primary N) is 1. The van der Waals surface area contributed by atoms with Crippen LogP contribution in [0.2, 0.25) is 0 Å². The third-order valence-corrected chi connectivity index (χ3v) is 3.89. The van der Waals surface area contributed by atoms with Gasteiger partial charge in [-0.25, -0.2) is 0 Å². The maximum absolute atomic E-state index is 12.1. The van der Waals surface area contributed by atoms with Crippen LogP contribution in [0, 0.1) is 6.92 Å². The topological polar surface area (TPSA) is 78.6 Å². The monoisotopic (exact) mass is 277 g/mol. The average Bonchev–Trinajstić information content (AvgIpc) is 2.32. The number of aliphatic hydroxyl groups is 1. The van der Waals surface area contributed by atoms with E-state index in [4.69, 9.17) is 10.8 Å². The van der Waals surface area contributed by atoms with Crippen molar-refractivity contribution in [3.63, 3.8) is 0 Å². The molecule has 0 unspecified atom stereocenters. The molecule has 0 heterocycles. The van der Waals surface area contributed by atoms with E-state index in [-0.39, 0.29) is 12.5 Å². The summed E-state index contributed by atoms with van der Waals surface area (Å²) in [5, 5.41) is 11.9. The number of nitrogens with zero attached hydrogens (tertiary/aromatic N) is 1. The summed E-state index contributed by atoms with van der Waals surface area (Å²) >= 11 is 0. The maximum atomic E-state index is 12.1. The van der Waals surface area contributed by atoms with Gasteiger partial charge in [0.15, 0.2) is 0 Å². The quantitative estimate of drug-likeness (QED) is 0.686. The summed E-state index contributed by atoms with van der Waals surface area (Å²) in [7, 11) is 0. The lowest BCUT2D eigenvalue weighted by Gasteiger charge is -2.36. The first-order valence-corrected chi connectivity index (χ1v) is 7.11. The number of rotatable bonds is 6. The van der Waals surface area contributed by atoms with Crippen LogP contribution >= 0.6 is 0 Å². The van der Waals surface area contributed by atoms with E-state index in [0.29, 0.717) is 24.8 Å². The van der Waals surface area contributed by atoms with Gasteiger partial charge in [-0.05, 0) is 37.5 Å². The molecule has 1 amide bonds. The van der Waals surface area contributed by atoms with Crippen LogP contribution in [0.3, 0.4) is 0 Å². The van der Waals surface area contributed by atoms with Crippen molar-refractivity contribution in [2.45, 2.75) is 32.2 Å². The van der Waals surface area contributed by atoms with Crippen molar-refractivity contribution in [1.29, 1.82) is 0 Å². The van der Waals surface area contributed by atoms with Gasteiger partial charge in [-0.2, -0.15) is 0 Å². The second kappa shape index (κ2) is 6.72. The normalized spacial score (nSPS) is 15.2. The molecule has 20 heavy (non-hydrogen) atoms. The van der Waals surface area contributed by atoms with E-state index in [0.717, 1.165) is 24.1 Å². The van der Waals surface area contributed by atoms with Gasteiger partial charge >= 0.3 is 0 Å². The van der Waals surface area contributed by atoms with Crippen LogP contribution in [-0.4, -0.2) is 41.7 Å². The van der Waals surface area contributed by atoms with Crippen molar-refractivity contribution >= 4 is 17.3 Å². The Labute approximate surface area is 119 Å². The number of anilines is 2. The van der Waals surface area contributed by atoms with Crippen LogP contribution in [0.5, 0.6) is 0 Å². The highest BCUT2D eigenvalue weighted by atomic mass is 16.3. The third-order valence-electron chi connectivity index (χ3n) is 3.89. The Kier molecular flexibility index (Phi) is 4.98. The van der Waals surface area contributed by atoms with Crippen LogP contribution in [0.1, 0.15) is 24.8 Å². The number of aliphatic hydroxyl groups excluding tert-OH is 1. The van der Waals surface area contributed by atoms with Gasteiger partial charge in [0.2, 0.25) is 5.91 Å². The standard InChI is InChI=1S/C15H23N3O2/c1-11-5-6-12(9-14(11)16)17-15(20)10-18(7-8-19)13-3-2-4-13/h5-6,9,13,19H,2-4,7-8,10,16H2,1H3,(H,17,20). The van der Waals surface area contributed by atoms with E-state index >= 15 is 0 Å². The Morgan fingerprint density at radius 2 is 2.25 bits per heavy atom. The van der Waals surface area contributed by atoms with Crippen LogP contribution in [0.15, 0.2) is 18.2 Å². The zero-order valence-corrected chi connectivity index (χ0v) is 11.9. The molecule has 1 fully saturated rings. The Hall–Kier alpha value is -1.59. The number of hydrogen-bond donors (Lipinski definition) is 3. The zero-order valence-electron chi connectivity index (χ0n) is 11.9. The van der Waals surface area contributed by atoms with Gasteiger partial charge < -0.3 is 16.2 Å². The molecule has 0 bridgehead atoms. The van der Waals surface area contributed by atoms with E-state index in [2.05, 4.69) is 10.2 Å². The predicted octanol–water partition coefficient (Wildman–Crippen LogP) is 1.36. The Balaban J connectivity index is 1.91. The van der Waals surface area contributed by atoms with Crippen LogP contribution < -0.4 is 11.1 Å². The van der Waals surface area contributed by atoms with E-state index in [9.17, 15) is 4.79 Å². The molecule has 0 radical (unpaired) electrons. The molecule has 0 aromatic heterocycles. The molecule has 4 N–H and O–H groups in total. The first-order valence-electron chi connectivity index (χ1n) is 7.11. The Morgan fingerprint density at radius 3 is 2.80 bits per heavy atom. The maximum Gasteiger partial charge on any atom is 0.238 e. The van der Waals surface area contributed by atoms with Crippen molar-refractivity contribution in [2.75, 3.05) is 30.7 Å². The molecule has 5 heteroatoms. The lowest BCUT2D eigenvalue weighted by atomic mass is 9.91. The zero-order chi connectivity index (χ0) is 14.5.